The number of anilines is 1. The maximum atomic E-state index is 12.7. The van der Waals surface area contributed by atoms with E-state index in [1.54, 1.807) is 6.20 Å². The van der Waals surface area contributed by atoms with Gasteiger partial charge in [0.1, 0.15) is 5.82 Å². The van der Waals surface area contributed by atoms with Crippen molar-refractivity contribution in [3.05, 3.63) is 30.0 Å². The highest BCUT2D eigenvalue weighted by atomic mass is 19.4. The van der Waals surface area contributed by atoms with E-state index >= 15 is 0 Å². The van der Waals surface area contributed by atoms with Crippen molar-refractivity contribution < 1.29 is 13.2 Å². The zero-order valence-corrected chi connectivity index (χ0v) is 12.4. The summed E-state index contributed by atoms with van der Waals surface area (Å²) in [6.07, 6.45) is -2.81. The van der Waals surface area contributed by atoms with Gasteiger partial charge >= 0.3 is 6.18 Å². The molecule has 0 bridgehead atoms. The molecule has 2 heterocycles. The Morgan fingerprint density at radius 3 is 2.73 bits per heavy atom. The van der Waals surface area contributed by atoms with Gasteiger partial charge in [-0.3, -0.25) is 4.98 Å². The fourth-order valence-corrected chi connectivity index (χ4v) is 2.66. The third-order valence-corrected chi connectivity index (χ3v) is 3.92. The van der Waals surface area contributed by atoms with Crippen molar-refractivity contribution in [2.75, 3.05) is 18.0 Å². The first-order valence-corrected chi connectivity index (χ1v) is 7.18. The summed E-state index contributed by atoms with van der Waals surface area (Å²) >= 11 is 0. The van der Waals surface area contributed by atoms with E-state index in [0.29, 0.717) is 17.4 Å². The monoisotopic (exact) mass is 310 g/mol. The second kappa shape index (κ2) is 5.39. The topological polar surface area (TPSA) is 41.1 Å². The number of hydrogen-bond acceptors (Lipinski definition) is 4. The van der Waals surface area contributed by atoms with Crippen molar-refractivity contribution in [3.8, 4) is 0 Å². The normalized spacial score (nSPS) is 23.0. The zero-order chi connectivity index (χ0) is 15.9. The molecule has 0 amide bonds. The quantitative estimate of drug-likeness (QED) is 0.879. The van der Waals surface area contributed by atoms with Crippen LogP contribution in [0.2, 0.25) is 0 Å². The van der Waals surface area contributed by atoms with Gasteiger partial charge in [-0.05, 0) is 32.0 Å². The Kier molecular flexibility index (Phi) is 3.68. The minimum Gasteiger partial charge on any atom is -0.350 e. The highest BCUT2D eigenvalue weighted by molar-refractivity contribution is 5.76. The van der Waals surface area contributed by atoms with Crippen molar-refractivity contribution in [3.63, 3.8) is 0 Å². The van der Waals surface area contributed by atoms with Gasteiger partial charge in [-0.1, -0.05) is 0 Å². The lowest BCUT2D eigenvalue weighted by molar-refractivity contribution is -0.137. The summed E-state index contributed by atoms with van der Waals surface area (Å²) in [6.45, 7) is 5.80. The molecular weight excluding hydrogens is 293 g/mol. The molecule has 0 spiro atoms. The first-order chi connectivity index (χ1) is 10.3. The van der Waals surface area contributed by atoms with Gasteiger partial charge in [0.15, 0.2) is 0 Å². The molecule has 2 atom stereocenters. The number of nitrogens with zero attached hydrogens (tertiary/aromatic N) is 3. The zero-order valence-electron chi connectivity index (χ0n) is 12.4. The van der Waals surface area contributed by atoms with Crippen LogP contribution in [0.4, 0.5) is 19.0 Å². The number of piperazine rings is 1. The van der Waals surface area contributed by atoms with Gasteiger partial charge < -0.3 is 10.2 Å². The molecule has 4 nitrogen and oxygen atoms in total. The molecule has 118 valence electrons. The summed E-state index contributed by atoms with van der Waals surface area (Å²) in [5.41, 5.74) is 0.0320. The molecule has 1 aliphatic rings. The molecule has 1 aromatic carbocycles. The highest BCUT2D eigenvalue weighted by Crippen LogP contribution is 2.31. The van der Waals surface area contributed by atoms with E-state index in [-0.39, 0.29) is 11.6 Å². The van der Waals surface area contributed by atoms with Crippen LogP contribution in [-0.4, -0.2) is 35.1 Å². The second-order valence-corrected chi connectivity index (χ2v) is 5.74. The first kappa shape index (κ1) is 15.0. The van der Waals surface area contributed by atoms with Crippen LogP contribution in [0.5, 0.6) is 0 Å². The van der Waals surface area contributed by atoms with Gasteiger partial charge in [-0.25, -0.2) is 4.98 Å². The summed E-state index contributed by atoms with van der Waals surface area (Å²) in [4.78, 5) is 10.8. The van der Waals surface area contributed by atoms with Gasteiger partial charge in [-0.15, -0.1) is 0 Å². The third-order valence-electron chi connectivity index (χ3n) is 3.92. The summed E-state index contributed by atoms with van der Waals surface area (Å²) in [6, 6.07) is 4.06. The Bertz CT molecular complexity index is 686. The van der Waals surface area contributed by atoms with Gasteiger partial charge in [0.2, 0.25) is 0 Å². The van der Waals surface area contributed by atoms with E-state index in [1.165, 1.54) is 6.07 Å². The molecule has 7 heteroatoms. The van der Waals surface area contributed by atoms with Gasteiger partial charge in [-0.2, -0.15) is 13.2 Å². The molecule has 0 unspecified atom stereocenters. The van der Waals surface area contributed by atoms with Crippen molar-refractivity contribution >= 4 is 16.9 Å². The number of alkyl halides is 3. The Hall–Kier alpha value is -1.89. The number of benzene rings is 1. The minimum atomic E-state index is -4.36. The van der Waals surface area contributed by atoms with Crippen LogP contribution in [0.25, 0.3) is 11.0 Å². The first-order valence-electron chi connectivity index (χ1n) is 7.18. The maximum absolute atomic E-state index is 12.7. The molecule has 3 rings (SSSR count). The van der Waals surface area contributed by atoms with E-state index in [2.05, 4.69) is 34.0 Å². The maximum Gasteiger partial charge on any atom is 0.416 e. The Morgan fingerprint density at radius 2 is 2.00 bits per heavy atom. The van der Waals surface area contributed by atoms with Crippen molar-refractivity contribution in [2.45, 2.75) is 32.1 Å². The molecule has 1 saturated heterocycles. The smallest absolute Gasteiger partial charge is 0.350 e. The van der Waals surface area contributed by atoms with Crippen LogP contribution in [0.1, 0.15) is 19.4 Å². The molecule has 1 fully saturated rings. The lowest BCUT2D eigenvalue weighted by Gasteiger charge is -2.38. The lowest BCUT2D eigenvalue weighted by Crippen LogP contribution is -2.54. The summed E-state index contributed by atoms with van der Waals surface area (Å²) < 4.78 is 38.2. The van der Waals surface area contributed by atoms with Crippen LogP contribution in [-0.2, 0) is 6.18 Å². The van der Waals surface area contributed by atoms with Crippen molar-refractivity contribution in [1.29, 1.82) is 0 Å². The Labute approximate surface area is 126 Å². The number of fused-ring (bicyclic) bond motifs is 1. The standard InChI is InChI=1S/C15H17F3N4/c1-9-8-22(10(2)6-19-9)14-7-20-13-5-11(15(16,17)18)3-4-12(13)21-14/h3-5,7,9-10,19H,6,8H2,1-2H3/t9-,10+/m1/s1. The molecule has 0 saturated carbocycles. The number of hydrogen-bond donors (Lipinski definition) is 1. The average Bonchev–Trinajstić information content (AvgIpc) is 2.47. The van der Waals surface area contributed by atoms with E-state index in [1.807, 2.05) is 0 Å². The largest absolute Gasteiger partial charge is 0.416 e. The van der Waals surface area contributed by atoms with E-state index in [9.17, 15) is 13.2 Å². The molecule has 2 aromatic rings. The number of aromatic nitrogens is 2. The molecule has 0 radical (unpaired) electrons. The third kappa shape index (κ3) is 2.85. The number of rotatable bonds is 1. The predicted octanol–water partition coefficient (Wildman–Crippen LogP) is 2.84. The van der Waals surface area contributed by atoms with Crippen LogP contribution < -0.4 is 10.2 Å². The van der Waals surface area contributed by atoms with Crippen molar-refractivity contribution in [2.24, 2.45) is 0 Å². The van der Waals surface area contributed by atoms with Gasteiger partial charge in [0.05, 0.1) is 22.8 Å². The molecule has 1 N–H and O–H groups in total. The fourth-order valence-electron chi connectivity index (χ4n) is 2.66. The lowest BCUT2D eigenvalue weighted by atomic mass is 10.1. The molecular formula is C15H17F3N4. The average molecular weight is 310 g/mol. The summed E-state index contributed by atoms with van der Waals surface area (Å²) in [7, 11) is 0. The highest BCUT2D eigenvalue weighted by Gasteiger charge is 2.31. The van der Waals surface area contributed by atoms with Gasteiger partial charge in [0.25, 0.3) is 0 Å². The number of nitrogens with one attached hydrogen (secondary N) is 1. The Balaban J connectivity index is 1.96. The predicted molar refractivity (Wildman–Crippen MR) is 78.8 cm³/mol. The van der Waals surface area contributed by atoms with Gasteiger partial charge in [0, 0.05) is 25.2 Å². The van der Waals surface area contributed by atoms with Crippen LogP contribution in [0.15, 0.2) is 24.4 Å². The fraction of sp³-hybridized carbons (Fsp3) is 0.467. The SMILES string of the molecule is C[C@@H]1CN(c2cnc3cc(C(F)(F)F)ccc3n2)[C@@H](C)CN1. The van der Waals surface area contributed by atoms with E-state index in [0.717, 1.165) is 25.2 Å². The van der Waals surface area contributed by atoms with Crippen LogP contribution in [0, 0.1) is 0 Å². The van der Waals surface area contributed by atoms with Crippen molar-refractivity contribution in [1.82, 2.24) is 15.3 Å². The van der Waals surface area contributed by atoms with E-state index < -0.39 is 11.7 Å². The second-order valence-electron chi connectivity index (χ2n) is 5.74. The number of halogens is 3. The summed E-state index contributed by atoms with van der Waals surface area (Å²) in [5.74, 6) is 0.702. The molecule has 1 aromatic heterocycles. The van der Waals surface area contributed by atoms with Crippen LogP contribution in [0.3, 0.4) is 0 Å². The molecule has 1 aliphatic heterocycles. The molecule has 0 aliphatic carbocycles. The van der Waals surface area contributed by atoms with E-state index in [4.69, 9.17) is 0 Å². The van der Waals surface area contributed by atoms with Crippen LogP contribution >= 0.6 is 0 Å². The minimum absolute atomic E-state index is 0.259. The summed E-state index contributed by atoms with van der Waals surface area (Å²) in [5, 5.41) is 3.38. The Morgan fingerprint density at radius 1 is 1.23 bits per heavy atom. The molecule has 22 heavy (non-hydrogen) atoms.